The molecule has 0 fully saturated rings. The van der Waals surface area contributed by atoms with Crippen LogP contribution in [0.2, 0.25) is 5.02 Å². The molecule has 0 aliphatic rings. The molecule has 1 atom stereocenters. The molecule has 0 aromatic heterocycles. The van der Waals surface area contributed by atoms with Gasteiger partial charge in [0.1, 0.15) is 5.02 Å². The van der Waals surface area contributed by atoms with Crippen molar-refractivity contribution in [3.63, 3.8) is 0 Å². The predicted octanol–water partition coefficient (Wildman–Crippen LogP) is 3.06. The molecule has 0 spiro atoms. The Bertz CT molecular complexity index is 603. The molecular weight excluding hydrogens is 304 g/mol. The maximum atomic E-state index is 12.4. The summed E-state index contributed by atoms with van der Waals surface area (Å²) < 4.78 is 26.0. The number of nitro groups is 1. The third-order valence-electron chi connectivity index (χ3n) is 3.12. The average Bonchev–Trinajstić information content (AvgIpc) is 2.37. The molecule has 6 nitrogen and oxygen atoms in total. The number of rotatable bonds is 6. The molecule has 20 heavy (non-hydrogen) atoms. The molecule has 1 aromatic carbocycles. The number of benzene rings is 1. The molecule has 0 saturated heterocycles. The number of hydrogen-bond acceptors (Lipinski definition) is 4. The second kappa shape index (κ2) is 6.51. The van der Waals surface area contributed by atoms with Crippen molar-refractivity contribution in [2.45, 2.75) is 37.6 Å². The van der Waals surface area contributed by atoms with Gasteiger partial charge < -0.3 is 0 Å². The maximum absolute atomic E-state index is 12.4. The summed E-state index contributed by atoms with van der Waals surface area (Å²) in [7, 11) is -2.29. The summed E-state index contributed by atoms with van der Waals surface area (Å²) in [6, 6.07) is 3.32. The van der Waals surface area contributed by atoms with E-state index in [0.717, 1.165) is 12.5 Å². The van der Waals surface area contributed by atoms with Gasteiger partial charge in [0, 0.05) is 19.2 Å². The summed E-state index contributed by atoms with van der Waals surface area (Å²) >= 11 is 5.68. The largest absolute Gasteiger partial charge is 0.289 e. The first-order valence-corrected chi connectivity index (χ1v) is 7.95. The highest BCUT2D eigenvalue weighted by Gasteiger charge is 2.27. The Kier molecular flexibility index (Phi) is 5.50. The van der Waals surface area contributed by atoms with Gasteiger partial charge in [0.05, 0.1) is 9.82 Å². The smallest absolute Gasteiger partial charge is 0.258 e. The third-order valence-corrected chi connectivity index (χ3v) is 5.41. The molecule has 1 rings (SSSR count). The van der Waals surface area contributed by atoms with Crippen molar-refractivity contribution in [3.05, 3.63) is 33.3 Å². The summed E-state index contributed by atoms with van der Waals surface area (Å²) in [5, 5.41) is 10.7. The Labute approximate surface area is 123 Å². The summed E-state index contributed by atoms with van der Waals surface area (Å²) in [5.74, 6) is 0. The lowest BCUT2D eigenvalue weighted by molar-refractivity contribution is -0.384. The van der Waals surface area contributed by atoms with Gasteiger partial charge >= 0.3 is 0 Å². The number of nitrogens with zero attached hydrogens (tertiary/aromatic N) is 2. The van der Waals surface area contributed by atoms with Crippen molar-refractivity contribution in [1.82, 2.24) is 4.31 Å². The minimum Gasteiger partial charge on any atom is -0.258 e. The van der Waals surface area contributed by atoms with Crippen molar-refractivity contribution in [2.24, 2.45) is 0 Å². The monoisotopic (exact) mass is 320 g/mol. The van der Waals surface area contributed by atoms with Crippen LogP contribution in [0.3, 0.4) is 0 Å². The standard InChI is InChI=1S/C12H17ClN2O4S/c1-4-5-9(2)14(3)20(18,19)10-6-7-11(13)12(8-10)15(16)17/h6-9H,4-5H2,1-3H3. The molecule has 112 valence electrons. The zero-order chi connectivity index (χ0) is 15.5. The third kappa shape index (κ3) is 3.47. The molecule has 8 heteroatoms. The first-order chi connectivity index (χ1) is 9.21. The number of halogens is 1. The predicted molar refractivity (Wildman–Crippen MR) is 77.4 cm³/mol. The Morgan fingerprint density at radius 1 is 1.45 bits per heavy atom. The minimum atomic E-state index is -3.76. The van der Waals surface area contributed by atoms with E-state index in [9.17, 15) is 18.5 Å². The van der Waals surface area contributed by atoms with E-state index in [-0.39, 0.29) is 16.0 Å². The van der Waals surface area contributed by atoms with Crippen molar-refractivity contribution >= 4 is 27.3 Å². The second-order valence-electron chi connectivity index (χ2n) is 4.53. The zero-order valence-corrected chi connectivity index (χ0v) is 13.1. The average molecular weight is 321 g/mol. The fraction of sp³-hybridized carbons (Fsp3) is 0.500. The number of nitro benzene ring substituents is 1. The van der Waals surface area contributed by atoms with Gasteiger partial charge in [0.2, 0.25) is 10.0 Å². The van der Waals surface area contributed by atoms with Crippen LogP contribution in [-0.4, -0.2) is 30.7 Å². The van der Waals surface area contributed by atoms with E-state index in [1.165, 1.54) is 23.5 Å². The van der Waals surface area contributed by atoms with Gasteiger partial charge in [-0.05, 0) is 25.5 Å². The summed E-state index contributed by atoms with van der Waals surface area (Å²) in [6.07, 6.45) is 1.56. The normalized spacial score (nSPS) is 13.4. The number of sulfonamides is 1. The van der Waals surface area contributed by atoms with Crippen LogP contribution in [-0.2, 0) is 10.0 Å². The minimum absolute atomic E-state index is 0.0850. The van der Waals surface area contributed by atoms with E-state index in [1.807, 2.05) is 6.92 Å². The van der Waals surface area contributed by atoms with Crippen LogP contribution < -0.4 is 0 Å². The molecular formula is C12H17ClN2O4S. The lowest BCUT2D eigenvalue weighted by atomic mass is 10.2. The van der Waals surface area contributed by atoms with Crippen LogP contribution in [0.25, 0.3) is 0 Å². The van der Waals surface area contributed by atoms with E-state index >= 15 is 0 Å². The highest BCUT2D eigenvalue weighted by molar-refractivity contribution is 7.89. The van der Waals surface area contributed by atoms with Crippen molar-refractivity contribution in [3.8, 4) is 0 Å². The van der Waals surface area contributed by atoms with E-state index in [0.29, 0.717) is 6.42 Å². The van der Waals surface area contributed by atoms with Gasteiger partial charge in [-0.2, -0.15) is 4.31 Å². The molecule has 0 aliphatic carbocycles. The molecule has 0 N–H and O–H groups in total. The van der Waals surface area contributed by atoms with Crippen molar-refractivity contribution in [2.75, 3.05) is 7.05 Å². The SMILES string of the molecule is CCCC(C)N(C)S(=O)(=O)c1ccc(Cl)c([N+](=O)[O-])c1. The molecule has 0 bridgehead atoms. The first-order valence-electron chi connectivity index (χ1n) is 6.13. The fourth-order valence-corrected chi connectivity index (χ4v) is 3.39. The Balaban J connectivity index is 3.22. The van der Waals surface area contributed by atoms with Crippen LogP contribution in [0.1, 0.15) is 26.7 Å². The van der Waals surface area contributed by atoms with Crippen LogP contribution in [0.4, 0.5) is 5.69 Å². The van der Waals surface area contributed by atoms with Crippen molar-refractivity contribution < 1.29 is 13.3 Å². The molecule has 1 aromatic rings. The van der Waals surface area contributed by atoms with Crippen LogP contribution in [0.5, 0.6) is 0 Å². The molecule has 0 aliphatic heterocycles. The topological polar surface area (TPSA) is 80.5 Å². The number of hydrogen-bond donors (Lipinski definition) is 0. The van der Waals surface area contributed by atoms with Gasteiger partial charge in [-0.3, -0.25) is 10.1 Å². The van der Waals surface area contributed by atoms with E-state index in [1.54, 1.807) is 6.92 Å². The van der Waals surface area contributed by atoms with E-state index in [4.69, 9.17) is 11.6 Å². The Hall–Kier alpha value is -1.18. The molecule has 0 heterocycles. The first kappa shape index (κ1) is 16.9. The molecule has 1 unspecified atom stereocenters. The lowest BCUT2D eigenvalue weighted by Crippen LogP contribution is -2.35. The maximum Gasteiger partial charge on any atom is 0.289 e. The second-order valence-corrected chi connectivity index (χ2v) is 6.93. The van der Waals surface area contributed by atoms with E-state index in [2.05, 4.69) is 0 Å². The summed E-state index contributed by atoms with van der Waals surface area (Å²) in [4.78, 5) is 10.00. The Morgan fingerprint density at radius 3 is 2.55 bits per heavy atom. The highest BCUT2D eigenvalue weighted by atomic mass is 35.5. The Morgan fingerprint density at radius 2 is 2.05 bits per heavy atom. The van der Waals surface area contributed by atoms with Gasteiger partial charge in [0.25, 0.3) is 5.69 Å². The van der Waals surface area contributed by atoms with Crippen LogP contribution >= 0.6 is 11.6 Å². The molecule has 0 radical (unpaired) electrons. The molecule has 0 amide bonds. The summed E-state index contributed by atoms with van der Waals surface area (Å²) in [6.45, 7) is 3.76. The lowest BCUT2D eigenvalue weighted by Gasteiger charge is -2.23. The fourth-order valence-electron chi connectivity index (χ4n) is 1.80. The van der Waals surface area contributed by atoms with Crippen molar-refractivity contribution in [1.29, 1.82) is 0 Å². The van der Waals surface area contributed by atoms with Gasteiger partial charge in [-0.25, -0.2) is 8.42 Å². The van der Waals surface area contributed by atoms with Gasteiger partial charge in [-0.15, -0.1) is 0 Å². The van der Waals surface area contributed by atoms with Gasteiger partial charge in [0.15, 0.2) is 0 Å². The highest BCUT2D eigenvalue weighted by Crippen LogP contribution is 2.29. The van der Waals surface area contributed by atoms with Crippen LogP contribution in [0.15, 0.2) is 23.1 Å². The quantitative estimate of drug-likeness (QED) is 0.596. The van der Waals surface area contributed by atoms with Gasteiger partial charge in [-0.1, -0.05) is 24.9 Å². The summed E-state index contributed by atoms with van der Waals surface area (Å²) in [5.41, 5.74) is -0.413. The van der Waals surface area contributed by atoms with Crippen LogP contribution in [0, 0.1) is 10.1 Å². The van der Waals surface area contributed by atoms with E-state index < -0.39 is 20.6 Å². The zero-order valence-electron chi connectivity index (χ0n) is 11.5. The molecule has 0 saturated carbocycles.